The van der Waals surface area contributed by atoms with Gasteiger partial charge >= 0.3 is 17.9 Å². The van der Waals surface area contributed by atoms with Crippen molar-refractivity contribution in [1.82, 2.24) is 0 Å². The molecule has 2 saturated carbocycles. The first-order valence-corrected chi connectivity index (χ1v) is 15.3. The minimum atomic E-state index is -0.625. The molecule has 0 radical (unpaired) electrons. The van der Waals surface area contributed by atoms with Crippen LogP contribution in [0.3, 0.4) is 0 Å². The van der Waals surface area contributed by atoms with Gasteiger partial charge in [-0.25, -0.2) is 0 Å². The molecule has 0 bridgehead atoms. The lowest BCUT2D eigenvalue weighted by atomic mass is 9.52. The Balaban J connectivity index is 1.43. The van der Waals surface area contributed by atoms with Gasteiger partial charge in [0.05, 0.1) is 6.61 Å². The molecule has 7 heteroatoms. The Hall–Kier alpha value is -2.70. The van der Waals surface area contributed by atoms with Gasteiger partial charge in [-0.05, 0) is 85.5 Å². The van der Waals surface area contributed by atoms with Gasteiger partial charge in [0.1, 0.15) is 5.75 Å². The zero-order valence-electron chi connectivity index (χ0n) is 24.7. The van der Waals surface area contributed by atoms with E-state index in [-0.39, 0.29) is 29.6 Å². The number of rotatable bonds is 12. The molecule has 0 heterocycles. The standard InChI is InChI=1S/C33H46O7/c1-21(34)38-17-11-9-7-5-6-8-10-12-24-18-25-19-26(39-22(2)35)13-14-27(25)28-15-16-33(4)29(31(24)28)20-30(32(33)37)40-23(3)36/h13-14,19,24,28-31H,5-12,15-18,20H2,1-4H3/t24-,28-,29+,30+,31-,33+/m1/s1. The number of fused-ring (bicyclic) bond motifs is 5. The van der Waals surface area contributed by atoms with E-state index in [0.29, 0.717) is 36.5 Å². The summed E-state index contributed by atoms with van der Waals surface area (Å²) in [5, 5.41) is 0. The van der Waals surface area contributed by atoms with Gasteiger partial charge in [-0.3, -0.25) is 19.2 Å². The molecule has 0 unspecified atom stereocenters. The first-order chi connectivity index (χ1) is 19.1. The van der Waals surface area contributed by atoms with Crippen LogP contribution in [0.1, 0.15) is 115 Å². The maximum Gasteiger partial charge on any atom is 0.308 e. The summed E-state index contributed by atoms with van der Waals surface area (Å²) >= 11 is 0. The van der Waals surface area contributed by atoms with E-state index in [0.717, 1.165) is 51.4 Å². The van der Waals surface area contributed by atoms with E-state index in [9.17, 15) is 19.2 Å². The summed E-state index contributed by atoms with van der Waals surface area (Å²) in [7, 11) is 0. The average molecular weight is 555 g/mol. The number of unbranched alkanes of at least 4 members (excludes halogenated alkanes) is 6. The molecule has 0 amide bonds. The molecular formula is C33H46O7. The van der Waals surface area contributed by atoms with Crippen LogP contribution in [0, 0.1) is 23.2 Å². The zero-order valence-corrected chi connectivity index (χ0v) is 24.7. The molecule has 1 aromatic carbocycles. The minimum Gasteiger partial charge on any atom is -0.466 e. The normalized spacial score (nSPS) is 28.7. The number of Topliss-reactive ketones (excluding diaryl/α,β-unsaturated/α-hetero) is 1. The monoisotopic (exact) mass is 554 g/mol. The molecule has 0 aromatic heterocycles. The number of hydrogen-bond donors (Lipinski definition) is 0. The van der Waals surface area contributed by atoms with Crippen molar-refractivity contribution in [2.45, 2.75) is 117 Å². The summed E-state index contributed by atoms with van der Waals surface area (Å²) < 4.78 is 16.0. The first kappa shape index (κ1) is 30.3. The van der Waals surface area contributed by atoms with Crippen molar-refractivity contribution in [3.05, 3.63) is 29.3 Å². The third kappa shape index (κ3) is 6.95. The third-order valence-electron chi connectivity index (χ3n) is 9.68. The van der Waals surface area contributed by atoms with E-state index < -0.39 is 11.5 Å². The first-order valence-electron chi connectivity index (χ1n) is 15.3. The summed E-state index contributed by atoms with van der Waals surface area (Å²) in [4.78, 5) is 47.7. The molecule has 7 nitrogen and oxygen atoms in total. The highest BCUT2D eigenvalue weighted by molar-refractivity contribution is 5.93. The predicted octanol–water partition coefficient (Wildman–Crippen LogP) is 6.49. The van der Waals surface area contributed by atoms with E-state index in [2.05, 4.69) is 13.0 Å². The van der Waals surface area contributed by atoms with Crippen LogP contribution in [0.4, 0.5) is 0 Å². The fourth-order valence-corrected chi connectivity index (χ4v) is 7.96. The molecule has 0 saturated heterocycles. The summed E-state index contributed by atoms with van der Waals surface area (Å²) in [6.07, 6.45) is 11.6. The van der Waals surface area contributed by atoms with Crippen LogP contribution < -0.4 is 4.74 Å². The van der Waals surface area contributed by atoms with Gasteiger partial charge in [-0.1, -0.05) is 51.5 Å². The van der Waals surface area contributed by atoms with Crippen molar-refractivity contribution < 1.29 is 33.4 Å². The summed E-state index contributed by atoms with van der Waals surface area (Å²) in [6.45, 7) is 6.89. The van der Waals surface area contributed by atoms with Gasteiger partial charge in [0, 0.05) is 26.2 Å². The zero-order chi connectivity index (χ0) is 28.9. The van der Waals surface area contributed by atoms with Crippen LogP contribution in [0.25, 0.3) is 0 Å². The summed E-state index contributed by atoms with van der Waals surface area (Å²) in [6, 6.07) is 6.08. The number of benzene rings is 1. The van der Waals surface area contributed by atoms with Crippen molar-refractivity contribution in [1.29, 1.82) is 0 Å². The lowest BCUT2D eigenvalue weighted by molar-refractivity contribution is -0.153. The highest BCUT2D eigenvalue weighted by Crippen LogP contribution is 2.62. The van der Waals surface area contributed by atoms with Crippen molar-refractivity contribution >= 4 is 23.7 Å². The van der Waals surface area contributed by atoms with E-state index in [1.165, 1.54) is 51.2 Å². The Morgan fingerprint density at radius 1 is 0.925 bits per heavy atom. The molecular weight excluding hydrogens is 508 g/mol. The van der Waals surface area contributed by atoms with E-state index in [4.69, 9.17) is 14.2 Å². The van der Waals surface area contributed by atoms with Gasteiger partial charge in [-0.15, -0.1) is 0 Å². The molecule has 6 atom stereocenters. The summed E-state index contributed by atoms with van der Waals surface area (Å²) in [5.41, 5.74) is 2.15. The topological polar surface area (TPSA) is 96.0 Å². The van der Waals surface area contributed by atoms with Crippen LogP contribution in [0.2, 0.25) is 0 Å². The minimum absolute atomic E-state index is 0.106. The van der Waals surface area contributed by atoms with Crippen molar-refractivity contribution in [2.75, 3.05) is 6.61 Å². The van der Waals surface area contributed by atoms with E-state index >= 15 is 0 Å². The second kappa shape index (κ2) is 13.3. The second-order valence-corrected chi connectivity index (χ2v) is 12.5. The predicted molar refractivity (Wildman–Crippen MR) is 151 cm³/mol. The van der Waals surface area contributed by atoms with E-state index in [1.54, 1.807) is 0 Å². The van der Waals surface area contributed by atoms with Gasteiger partial charge in [0.25, 0.3) is 0 Å². The molecule has 0 spiro atoms. The number of carbonyl (C=O) groups is 4. The molecule has 0 N–H and O–H groups in total. The molecule has 220 valence electrons. The Kier molecular flexibility index (Phi) is 10.1. The Morgan fingerprint density at radius 2 is 1.62 bits per heavy atom. The average Bonchev–Trinajstić information content (AvgIpc) is 3.13. The maximum absolute atomic E-state index is 13.5. The molecule has 1 aromatic rings. The van der Waals surface area contributed by atoms with Gasteiger partial charge in [0.2, 0.25) is 0 Å². The number of ether oxygens (including phenoxy) is 3. The Labute approximate surface area is 238 Å². The fourth-order valence-electron chi connectivity index (χ4n) is 7.96. The quantitative estimate of drug-likeness (QED) is 0.166. The molecule has 40 heavy (non-hydrogen) atoms. The number of esters is 3. The van der Waals surface area contributed by atoms with Crippen LogP contribution >= 0.6 is 0 Å². The third-order valence-corrected chi connectivity index (χ3v) is 9.68. The van der Waals surface area contributed by atoms with Crippen molar-refractivity contribution in [2.24, 2.45) is 23.2 Å². The molecule has 3 aliphatic rings. The largest absolute Gasteiger partial charge is 0.466 e. The van der Waals surface area contributed by atoms with Crippen LogP contribution in [-0.2, 0) is 35.1 Å². The van der Waals surface area contributed by atoms with Gasteiger partial charge in [-0.2, -0.15) is 0 Å². The fraction of sp³-hybridized carbons (Fsp3) is 0.697. The van der Waals surface area contributed by atoms with Crippen molar-refractivity contribution in [3.8, 4) is 5.75 Å². The Bertz CT molecular complexity index is 1090. The molecule has 0 aliphatic heterocycles. The highest BCUT2D eigenvalue weighted by atomic mass is 16.5. The number of ketones is 1. The maximum atomic E-state index is 13.5. The van der Waals surface area contributed by atoms with Gasteiger partial charge < -0.3 is 14.2 Å². The lowest BCUT2D eigenvalue weighted by Gasteiger charge is -2.51. The van der Waals surface area contributed by atoms with E-state index in [1.807, 2.05) is 12.1 Å². The highest BCUT2D eigenvalue weighted by Gasteiger charge is 2.60. The summed E-state index contributed by atoms with van der Waals surface area (Å²) in [5.74, 6) is 1.17. The lowest BCUT2D eigenvalue weighted by Crippen LogP contribution is -2.46. The second-order valence-electron chi connectivity index (χ2n) is 12.5. The molecule has 4 rings (SSSR count). The molecule has 2 fully saturated rings. The van der Waals surface area contributed by atoms with Crippen LogP contribution in [-0.4, -0.2) is 36.4 Å². The van der Waals surface area contributed by atoms with Gasteiger partial charge in [0.15, 0.2) is 11.9 Å². The number of carbonyl (C=O) groups excluding carboxylic acids is 4. The SMILES string of the molecule is CC(=O)OCCCCCCCCC[C@@H]1Cc2cc(OC(C)=O)ccc2[C@H]2CC[C@]3(C)C(=O)[C@@H](OC(C)=O)C[C@H]3[C@H]12. The van der Waals surface area contributed by atoms with Crippen molar-refractivity contribution in [3.63, 3.8) is 0 Å². The smallest absolute Gasteiger partial charge is 0.308 e. The Morgan fingerprint density at radius 3 is 2.30 bits per heavy atom. The molecule has 3 aliphatic carbocycles. The van der Waals surface area contributed by atoms with Crippen LogP contribution in [0.15, 0.2) is 18.2 Å². The van der Waals surface area contributed by atoms with Crippen LogP contribution in [0.5, 0.6) is 5.75 Å². The number of hydrogen-bond acceptors (Lipinski definition) is 7.